The van der Waals surface area contributed by atoms with Gasteiger partial charge in [0, 0.05) is 5.92 Å². The first-order chi connectivity index (χ1) is 7.02. The number of rotatable bonds is 5. The molecule has 0 saturated carbocycles. The standard InChI is InChI=1S/C10H16N2O3/c1-5-15-8(13)6-12-10(14)9(11-4)7(2)3/h7,9H,5-6H2,1-3H3,(H,12,14)/t9-/m0/s1. The highest BCUT2D eigenvalue weighted by Gasteiger charge is 2.27. The Kier molecular flexibility index (Phi) is 6.11. The van der Waals surface area contributed by atoms with Gasteiger partial charge >= 0.3 is 17.9 Å². The molecule has 1 atom stereocenters. The van der Waals surface area contributed by atoms with Gasteiger partial charge in [-0.1, -0.05) is 13.8 Å². The molecule has 1 amide bonds. The second-order valence-electron chi connectivity index (χ2n) is 3.34. The van der Waals surface area contributed by atoms with Crippen molar-refractivity contribution in [3.05, 3.63) is 11.4 Å². The van der Waals surface area contributed by atoms with Crippen molar-refractivity contribution in [3.8, 4) is 0 Å². The van der Waals surface area contributed by atoms with Crippen LogP contribution in [0.2, 0.25) is 0 Å². The Bertz CT molecular complexity index is 268. The Balaban J connectivity index is 4.03. The predicted octanol–water partition coefficient (Wildman–Crippen LogP) is 0.610. The number of ether oxygens (including phenoxy) is 1. The number of amides is 1. The van der Waals surface area contributed by atoms with E-state index in [2.05, 4.69) is 14.9 Å². The van der Waals surface area contributed by atoms with Crippen LogP contribution >= 0.6 is 0 Å². The summed E-state index contributed by atoms with van der Waals surface area (Å²) in [6, 6.07) is -0.737. The molecular formula is C10H16N2O3. The molecule has 0 saturated heterocycles. The first kappa shape index (κ1) is 13.4. The minimum absolute atomic E-state index is 0.0651. The molecule has 0 unspecified atom stereocenters. The predicted molar refractivity (Wildman–Crippen MR) is 54.9 cm³/mol. The molecule has 0 bridgehead atoms. The molecule has 0 aliphatic carbocycles. The molecule has 0 spiro atoms. The van der Waals surface area contributed by atoms with Crippen LogP contribution in [0.1, 0.15) is 20.8 Å². The third-order valence-corrected chi connectivity index (χ3v) is 1.75. The zero-order chi connectivity index (χ0) is 11.8. The third-order valence-electron chi connectivity index (χ3n) is 1.75. The average molecular weight is 212 g/mol. The fourth-order valence-electron chi connectivity index (χ4n) is 0.986. The highest BCUT2D eigenvalue weighted by Crippen LogP contribution is 2.05. The van der Waals surface area contributed by atoms with Crippen molar-refractivity contribution in [1.29, 1.82) is 0 Å². The molecule has 84 valence electrons. The number of nitrogens with one attached hydrogen (secondary N) is 1. The molecule has 0 aromatic rings. The van der Waals surface area contributed by atoms with Crippen molar-refractivity contribution in [3.63, 3.8) is 0 Å². The van der Waals surface area contributed by atoms with Crippen LogP contribution in [0.5, 0.6) is 0 Å². The Hall–Kier alpha value is -1.57. The molecule has 5 nitrogen and oxygen atoms in total. The molecule has 0 rings (SSSR count). The maximum absolute atomic E-state index is 11.4. The lowest BCUT2D eigenvalue weighted by Gasteiger charge is -2.09. The van der Waals surface area contributed by atoms with Crippen molar-refractivity contribution in [2.75, 3.05) is 13.2 Å². The lowest BCUT2D eigenvalue weighted by atomic mass is 10.0. The van der Waals surface area contributed by atoms with Gasteiger partial charge in [-0.2, -0.15) is 0 Å². The SMILES string of the molecule is [C-]#[N+][C@H](C(=O)NCC(=O)OCC)C(C)C. The molecule has 5 heteroatoms. The van der Waals surface area contributed by atoms with Crippen LogP contribution in [0.3, 0.4) is 0 Å². The number of hydrogen-bond acceptors (Lipinski definition) is 3. The van der Waals surface area contributed by atoms with Gasteiger partial charge in [-0.15, -0.1) is 0 Å². The van der Waals surface area contributed by atoms with Gasteiger partial charge in [0.05, 0.1) is 6.61 Å². The molecular weight excluding hydrogens is 196 g/mol. The average Bonchev–Trinajstić information content (AvgIpc) is 2.15. The summed E-state index contributed by atoms with van der Waals surface area (Å²) in [6.45, 7) is 12.2. The van der Waals surface area contributed by atoms with Gasteiger partial charge in [-0.05, 0) is 6.92 Å². The van der Waals surface area contributed by atoms with Crippen LogP contribution in [0, 0.1) is 12.5 Å². The van der Waals surface area contributed by atoms with E-state index < -0.39 is 17.9 Å². The summed E-state index contributed by atoms with van der Waals surface area (Å²) in [5.74, 6) is -0.976. The van der Waals surface area contributed by atoms with Crippen molar-refractivity contribution < 1.29 is 14.3 Å². The molecule has 0 aliphatic heterocycles. The summed E-state index contributed by atoms with van der Waals surface area (Å²) >= 11 is 0. The second kappa shape index (κ2) is 6.82. The maximum atomic E-state index is 11.4. The minimum Gasteiger partial charge on any atom is -0.465 e. The number of esters is 1. The van der Waals surface area contributed by atoms with E-state index in [1.807, 2.05) is 0 Å². The highest BCUT2D eigenvalue weighted by molar-refractivity contribution is 5.87. The van der Waals surface area contributed by atoms with Crippen LogP contribution in [0.15, 0.2) is 0 Å². The molecule has 0 radical (unpaired) electrons. The summed E-state index contributed by atoms with van der Waals surface area (Å²) < 4.78 is 4.63. The smallest absolute Gasteiger partial charge is 0.325 e. The van der Waals surface area contributed by atoms with E-state index in [4.69, 9.17) is 6.57 Å². The molecule has 0 fully saturated rings. The van der Waals surface area contributed by atoms with E-state index in [0.29, 0.717) is 0 Å². The van der Waals surface area contributed by atoms with Crippen LogP contribution < -0.4 is 5.32 Å². The van der Waals surface area contributed by atoms with Gasteiger partial charge in [-0.3, -0.25) is 9.59 Å². The number of carbonyl (C=O) groups is 2. The van der Waals surface area contributed by atoms with E-state index in [-0.39, 0.29) is 19.1 Å². The fourth-order valence-corrected chi connectivity index (χ4v) is 0.986. The van der Waals surface area contributed by atoms with Crippen LogP contribution in [-0.4, -0.2) is 31.1 Å². The maximum Gasteiger partial charge on any atom is 0.325 e. The Morgan fingerprint density at radius 3 is 2.47 bits per heavy atom. The van der Waals surface area contributed by atoms with Crippen LogP contribution in [-0.2, 0) is 14.3 Å². The molecule has 1 N–H and O–H groups in total. The zero-order valence-electron chi connectivity index (χ0n) is 9.24. The first-order valence-corrected chi connectivity index (χ1v) is 4.82. The molecule has 0 aromatic heterocycles. The van der Waals surface area contributed by atoms with E-state index in [1.54, 1.807) is 20.8 Å². The summed E-state index contributed by atoms with van der Waals surface area (Å²) in [5.41, 5.74) is 0. The third kappa shape index (κ3) is 5.01. The number of carbonyl (C=O) groups excluding carboxylic acids is 2. The lowest BCUT2D eigenvalue weighted by molar-refractivity contribution is -0.143. The summed E-state index contributed by atoms with van der Waals surface area (Å²) in [5, 5.41) is 2.37. The summed E-state index contributed by atoms with van der Waals surface area (Å²) in [6.07, 6.45) is 0. The molecule has 0 aromatic carbocycles. The summed E-state index contributed by atoms with van der Waals surface area (Å²) in [4.78, 5) is 25.5. The van der Waals surface area contributed by atoms with Crippen molar-refractivity contribution in [1.82, 2.24) is 5.32 Å². The van der Waals surface area contributed by atoms with Crippen molar-refractivity contribution >= 4 is 11.9 Å². The number of hydrogen-bond donors (Lipinski definition) is 1. The molecule has 15 heavy (non-hydrogen) atoms. The largest absolute Gasteiger partial charge is 0.465 e. The fraction of sp³-hybridized carbons (Fsp3) is 0.700. The Labute approximate surface area is 89.6 Å². The van der Waals surface area contributed by atoms with Gasteiger partial charge in [0.25, 0.3) is 0 Å². The van der Waals surface area contributed by atoms with Crippen molar-refractivity contribution in [2.45, 2.75) is 26.8 Å². The van der Waals surface area contributed by atoms with E-state index >= 15 is 0 Å². The van der Waals surface area contributed by atoms with Gasteiger partial charge < -0.3 is 14.9 Å². The topological polar surface area (TPSA) is 59.8 Å². The Morgan fingerprint density at radius 1 is 1.47 bits per heavy atom. The van der Waals surface area contributed by atoms with E-state index in [0.717, 1.165) is 0 Å². The highest BCUT2D eigenvalue weighted by atomic mass is 16.5. The minimum atomic E-state index is -0.737. The monoisotopic (exact) mass is 212 g/mol. The van der Waals surface area contributed by atoms with Gasteiger partial charge in [-0.25, -0.2) is 6.57 Å². The van der Waals surface area contributed by atoms with Crippen LogP contribution in [0.25, 0.3) is 4.85 Å². The van der Waals surface area contributed by atoms with Crippen molar-refractivity contribution in [2.24, 2.45) is 5.92 Å². The summed E-state index contributed by atoms with van der Waals surface area (Å²) in [7, 11) is 0. The van der Waals surface area contributed by atoms with E-state index in [9.17, 15) is 9.59 Å². The second-order valence-corrected chi connectivity index (χ2v) is 3.34. The Morgan fingerprint density at radius 2 is 2.07 bits per heavy atom. The lowest BCUT2D eigenvalue weighted by Crippen LogP contribution is -2.39. The van der Waals surface area contributed by atoms with Crippen LogP contribution in [0.4, 0.5) is 0 Å². The van der Waals surface area contributed by atoms with Gasteiger partial charge in [0.1, 0.15) is 6.54 Å². The quantitative estimate of drug-likeness (QED) is 0.536. The number of nitrogens with zero attached hydrogens (tertiary/aromatic N) is 1. The first-order valence-electron chi connectivity index (χ1n) is 4.82. The van der Waals surface area contributed by atoms with E-state index in [1.165, 1.54) is 0 Å². The van der Waals surface area contributed by atoms with Gasteiger partial charge in [0.2, 0.25) is 0 Å². The molecule has 0 heterocycles. The zero-order valence-corrected chi connectivity index (χ0v) is 9.24. The molecule has 0 aliphatic rings. The van der Waals surface area contributed by atoms with Gasteiger partial charge in [0.15, 0.2) is 0 Å². The normalized spacial score (nSPS) is 11.7.